The number of nitrogens with two attached hydrogens (primary N) is 1. The van der Waals surface area contributed by atoms with Crippen LogP contribution in [-0.4, -0.2) is 33.9 Å². The van der Waals surface area contributed by atoms with Crippen molar-refractivity contribution in [2.45, 2.75) is 62.0 Å². The van der Waals surface area contributed by atoms with Gasteiger partial charge in [0.15, 0.2) is 0 Å². The third kappa shape index (κ3) is 3.58. The largest absolute Gasteiger partial charge is 0.469 e. The Balaban J connectivity index is 1.84. The van der Waals surface area contributed by atoms with Gasteiger partial charge in [0.25, 0.3) is 0 Å². The summed E-state index contributed by atoms with van der Waals surface area (Å²) < 4.78 is 32.1. The molecule has 1 aromatic rings. The maximum Gasteiger partial charge on any atom is 0.310 e. The van der Waals surface area contributed by atoms with Gasteiger partial charge in [-0.2, -0.15) is 0 Å². The van der Waals surface area contributed by atoms with Crippen molar-refractivity contribution in [2.75, 3.05) is 13.7 Å². The quantitative estimate of drug-likeness (QED) is 0.607. The van der Waals surface area contributed by atoms with Crippen LogP contribution in [0.2, 0.25) is 0 Å². The molecule has 4 rings (SSSR count). The van der Waals surface area contributed by atoms with Gasteiger partial charge in [0.2, 0.25) is 15.9 Å². The summed E-state index contributed by atoms with van der Waals surface area (Å²) in [6.07, 6.45) is 5.07. The highest BCUT2D eigenvalue weighted by Gasteiger charge is 2.54. The Labute approximate surface area is 193 Å². The molecule has 1 aliphatic carbocycles. The molecule has 1 amide bonds. The van der Waals surface area contributed by atoms with Gasteiger partial charge in [-0.3, -0.25) is 9.59 Å². The van der Waals surface area contributed by atoms with Crippen LogP contribution >= 0.6 is 11.8 Å². The fraction of sp³-hybridized carbons (Fsp3) is 0.565. The van der Waals surface area contributed by atoms with E-state index in [-0.39, 0.29) is 24.8 Å². The number of ether oxygens (including phenoxy) is 1. The first-order valence-corrected chi connectivity index (χ1v) is 13.4. The highest BCUT2D eigenvalue weighted by Crippen LogP contribution is 2.60. The van der Waals surface area contributed by atoms with Crippen LogP contribution in [0.25, 0.3) is 0 Å². The molecule has 2 atom stereocenters. The van der Waals surface area contributed by atoms with E-state index in [2.05, 4.69) is 4.72 Å². The van der Waals surface area contributed by atoms with Gasteiger partial charge >= 0.3 is 5.97 Å². The van der Waals surface area contributed by atoms with Crippen LogP contribution in [0, 0.1) is 5.92 Å². The van der Waals surface area contributed by atoms with E-state index in [0.717, 1.165) is 35.3 Å². The van der Waals surface area contributed by atoms with Crippen molar-refractivity contribution < 1.29 is 22.7 Å². The van der Waals surface area contributed by atoms with E-state index < -0.39 is 26.1 Å². The molecule has 0 spiro atoms. The summed E-state index contributed by atoms with van der Waals surface area (Å²) >= 11 is 1.44. The molecule has 3 aliphatic rings. The molecule has 7 nitrogen and oxygen atoms in total. The summed E-state index contributed by atoms with van der Waals surface area (Å²) in [5, 5.41) is 0. The van der Waals surface area contributed by atoms with Crippen LogP contribution < -0.4 is 10.5 Å². The zero-order valence-corrected chi connectivity index (χ0v) is 20.1. The van der Waals surface area contributed by atoms with Gasteiger partial charge < -0.3 is 10.5 Å². The van der Waals surface area contributed by atoms with Crippen molar-refractivity contribution >= 4 is 33.7 Å². The number of thioether (sulfide) groups is 1. The molecule has 1 saturated carbocycles. The monoisotopic (exact) mass is 478 g/mol. The van der Waals surface area contributed by atoms with Crippen LogP contribution in [0.3, 0.4) is 0 Å². The number of methoxy groups -OCH3 is 1. The van der Waals surface area contributed by atoms with Crippen molar-refractivity contribution in [1.82, 2.24) is 4.72 Å². The predicted octanol–water partition coefficient (Wildman–Crippen LogP) is 3.05. The van der Waals surface area contributed by atoms with Gasteiger partial charge in [-0.15, -0.1) is 11.8 Å². The summed E-state index contributed by atoms with van der Waals surface area (Å²) in [5.41, 5.74) is 6.89. The van der Waals surface area contributed by atoms with E-state index in [1.54, 1.807) is 0 Å². The maximum absolute atomic E-state index is 12.9. The van der Waals surface area contributed by atoms with Crippen LogP contribution in [0.1, 0.15) is 63.0 Å². The number of hydrogen-bond donors (Lipinski definition) is 2. The molecule has 2 heterocycles. The lowest BCUT2D eigenvalue weighted by Crippen LogP contribution is -2.43. The van der Waals surface area contributed by atoms with Gasteiger partial charge in [-0.25, -0.2) is 13.1 Å². The van der Waals surface area contributed by atoms with E-state index >= 15 is 0 Å². The molecule has 174 valence electrons. The highest BCUT2D eigenvalue weighted by molar-refractivity contribution is 8.06. The predicted molar refractivity (Wildman–Crippen MR) is 124 cm³/mol. The zero-order chi connectivity index (χ0) is 23.1. The van der Waals surface area contributed by atoms with E-state index in [1.807, 2.05) is 31.2 Å². The fourth-order valence-electron chi connectivity index (χ4n) is 5.58. The number of benzene rings is 1. The van der Waals surface area contributed by atoms with Gasteiger partial charge in [0, 0.05) is 17.9 Å². The molecule has 1 aromatic carbocycles. The minimum atomic E-state index is -3.55. The Kier molecular flexibility index (Phi) is 6.19. The second-order valence-electron chi connectivity index (χ2n) is 8.91. The minimum Gasteiger partial charge on any atom is -0.469 e. The van der Waals surface area contributed by atoms with Crippen LogP contribution in [0.4, 0.5) is 0 Å². The Morgan fingerprint density at radius 3 is 2.50 bits per heavy atom. The molecule has 2 aliphatic heterocycles. The molecule has 32 heavy (non-hydrogen) atoms. The number of carbonyl (C=O) groups is 2. The second-order valence-corrected chi connectivity index (χ2v) is 12.1. The highest BCUT2D eigenvalue weighted by atomic mass is 32.2. The Morgan fingerprint density at radius 2 is 1.91 bits per heavy atom. The van der Waals surface area contributed by atoms with Crippen LogP contribution in [0.5, 0.6) is 0 Å². The first kappa shape index (κ1) is 23.3. The van der Waals surface area contributed by atoms with E-state index in [0.29, 0.717) is 24.2 Å². The van der Waals surface area contributed by atoms with Crippen LogP contribution in [-0.2, 0) is 34.5 Å². The summed E-state index contributed by atoms with van der Waals surface area (Å²) in [6, 6.07) is 7.75. The fourth-order valence-corrected chi connectivity index (χ4v) is 9.15. The smallest absolute Gasteiger partial charge is 0.310 e. The topological polar surface area (TPSA) is 116 Å². The van der Waals surface area contributed by atoms with Gasteiger partial charge in [-0.1, -0.05) is 50.5 Å². The standard InChI is InChI=1S/C23H30N2O5S2/c1-3-17(20(26)30-2)23(13-19-18(31-23)14-25-32(19,28)29)16-9-7-8-15(12-16)22(21(24)27)10-5-4-6-11-22/h7-9,12,17,25H,3-6,10-11,13-14H2,1-2H3,(H2,24,27). The number of primary amides is 1. The molecule has 0 bridgehead atoms. The summed E-state index contributed by atoms with van der Waals surface area (Å²) in [6.45, 7) is 2.16. The molecular formula is C23H30N2O5S2. The first-order chi connectivity index (χ1) is 15.2. The van der Waals surface area contributed by atoms with Crippen molar-refractivity contribution in [2.24, 2.45) is 11.7 Å². The summed E-state index contributed by atoms with van der Waals surface area (Å²) in [4.78, 5) is 26.6. The van der Waals surface area contributed by atoms with E-state index in [1.165, 1.54) is 18.9 Å². The second kappa shape index (κ2) is 8.50. The molecular weight excluding hydrogens is 448 g/mol. The maximum atomic E-state index is 12.9. The number of amides is 1. The number of sulfonamides is 1. The lowest BCUT2D eigenvalue weighted by Gasteiger charge is -2.39. The number of carbonyl (C=O) groups excluding carboxylic acids is 2. The van der Waals surface area contributed by atoms with Crippen molar-refractivity contribution in [1.29, 1.82) is 0 Å². The molecule has 0 aromatic heterocycles. The lowest BCUT2D eigenvalue weighted by atomic mass is 9.68. The minimum absolute atomic E-state index is 0.211. The Morgan fingerprint density at radius 1 is 1.22 bits per heavy atom. The number of nitrogens with one attached hydrogen (secondary N) is 1. The average molecular weight is 479 g/mol. The third-order valence-corrected chi connectivity index (χ3v) is 10.7. The lowest BCUT2D eigenvalue weighted by molar-refractivity contribution is -0.147. The Hall–Kier alpha value is -1.84. The number of allylic oxidation sites excluding steroid dienone is 1. The van der Waals surface area contributed by atoms with Crippen molar-refractivity contribution in [3.63, 3.8) is 0 Å². The van der Waals surface area contributed by atoms with Gasteiger partial charge in [0.1, 0.15) is 0 Å². The van der Waals surface area contributed by atoms with Gasteiger partial charge in [-0.05, 0) is 30.4 Å². The molecule has 9 heteroatoms. The number of hydrogen-bond acceptors (Lipinski definition) is 6. The molecule has 2 unspecified atom stereocenters. The van der Waals surface area contributed by atoms with Gasteiger partial charge in [0.05, 0.1) is 28.1 Å². The number of esters is 1. The SMILES string of the molecule is CCC(C(=O)OC)C1(c2cccc(C3(C(N)=O)CCCCC3)c2)CC2=C(CNS2(=O)=O)S1. The third-order valence-electron chi connectivity index (χ3n) is 7.33. The van der Waals surface area contributed by atoms with E-state index in [4.69, 9.17) is 10.5 Å². The molecule has 3 N–H and O–H groups in total. The van der Waals surface area contributed by atoms with Crippen molar-refractivity contribution in [3.05, 3.63) is 45.2 Å². The normalized spacial score (nSPS) is 27.1. The average Bonchev–Trinajstić information content (AvgIpc) is 3.32. The molecule has 0 saturated heterocycles. The van der Waals surface area contributed by atoms with Crippen molar-refractivity contribution in [3.8, 4) is 0 Å². The summed E-state index contributed by atoms with van der Waals surface area (Å²) in [5.74, 6) is -1.22. The molecule has 0 radical (unpaired) electrons. The Bertz CT molecular complexity index is 1080. The summed E-state index contributed by atoms with van der Waals surface area (Å²) in [7, 11) is -2.19. The number of rotatable bonds is 6. The van der Waals surface area contributed by atoms with E-state index in [9.17, 15) is 18.0 Å². The molecule has 1 fully saturated rings. The zero-order valence-electron chi connectivity index (χ0n) is 18.5. The van der Waals surface area contributed by atoms with Crippen LogP contribution in [0.15, 0.2) is 34.1 Å². The first-order valence-electron chi connectivity index (χ1n) is 11.1.